The van der Waals surface area contributed by atoms with E-state index in [9.17, 15) is 0 Å². The Hall–Kier alpha value is -4.95. The van der Waals surface area contributed by atoms with E-state index in [2.05, 4.69) is 155 Å². The zero-order chi connectivity index (χ0) is 34.9. The SMILES string of the molecule is CC(C)(C)c1cc(-c2cc[c-]c(-c3ccccn3)c2)cc(C(C)(C)C)c1.[Ir].[c-]1cc2c3ccccc3c3ccccc3c2cc1-c1ccccn1. The van der Waals surface area contributed by atoms with Crippen molar-refractivity contribution < 1.29 is 20.1 Å². The maximum absolute atomic E-state index is 4.47. The molecule has 2 nitrogen and oxygen atoms in total. The Labute approximate surface area is 316 Å². The molecule has 1 radical (unpaired) electrons. The van der Waals surface area contributed by atoms with Gasteiger partial charge in [0.2, 0.25) is 0 Å². The Balaban J connectivity index is 0.000000173. The van der Waals surface area contributed by atoms with Crippen LogP contribution in [0.25, 0.3) is 66.0 Å². The molecule has 3 heteroatoms. The molecule has 51 heavy (non-hydrogen) atoms. The Morgan fingerprint density at radius 3 is 1.39 bits per heavy atom. The summed E-state index contributed by atoms with van der Waals surface area (Å²) in [7, 11) is 0. The van der Waals surface area contributed by atoms with Crippen LogP contribution in [0.3, 0.4) is 0 Å². The van der Waals surface area contributed by atoms with Crippen molar-refractivity contribution in [1.29, 1.82) is 0 Å². The number of nitrogens with zero attached hydrogens (tertiary/aromatic N) is 2. The van der Waals surface area contributed by atoms with Crippen LogP contribution in [-0.4, -0.2) is 9.97 Å². The fourth-order valence-electron chi connectivity index (χ4n) is 6.49. The minimum absolute atomic E-state index is 0. The fourth-order valence-corrected chi connectivity index (χ4v) is 6.49. The van der Waals surface area contributed by atoms with Gasteiger partial charge in [0.15, 0.2) is 0 Å². The molecule has 8 aromatic rings. The molecule has 0 bridgehead atoms. The summed E-state index contributed by atoms with van der Waals surface area (Å²) in [6.07, 6.45) is 3.65. The summed E-state index contributed by atoms with van der Waals surface area (Å²) in [5.41, 5.74) is 9.40. The molecule has 255 valence electrons. The molecule has 0 saturated carbocycles. The third kappa shape index (κ3) is 7.71. The van der Waals surface area contributed by atoms with Gasteiger partial charge in [-0.2, -0.15) is 0 Å². The standard InChI is InChI=1S/C25H28N.C23H14N.Ir/c1-24(2,3)21-15-20(16-22(17-21)25(4,5)6)18-10-9-11-19(14-18)23-12-7-8-13-26-23;1-2-9-19-17(7-1)18-8-3-4-10-20(18)22-15-16(12-13-21(19)22)23-11-5-6-14-24-23;/h7-10,12-17H,1-6H3;1-11,13-15H;/q2*-1;. The quantitative estimate of drug-likeness (QED) is 0.131. The van der Waals surface area contributed by atoms with Crippen LogP contribution in [0.5, 0.6) is 0 Å². The predicted octanol–water partition coefficient (Wildman–Crippen LogP) is 12.8. The second-order valence-corrected chi connectivity index (χ2v) is 15.0. The van der Waals surface area contributed by atoms with E-state index in [0.29, 0.717) is 0 Å². The topological polar surface area (TPSA) is 25.8 Å². The first-order valence-electron chi connectivity index (χ1n) is 17.3. The molecular weight excluding hydrogens is 797 g/mol. The largest absolute Gasteiger partial charge is 0.305 e. The van der Waals surface area contributed by atoms with Gasteiger partial charge in [0.05, 0.1) is 0 Å². The second kappa shape index (κ2) is 14.7. The van der Waals surface area contributed by atoms with Gasteiger partial charge < -0.3 is 9.97 Å². The Morgan fingerprint density at radius 1 is 0.431 bits per heavy atom. The molecule has 0 aliphatic rings. The number of fused-ring (bicyclic) bond motifs is 6. The van der Waals surface area contributed by atoms with Gasteiger partial charge in [0.1, 0.15) is 0 Å². The molecular formula is C48H42IrN2-2. The molecule has 0 amide bonds. The van der Waals surface area contributed by atoms with Crippen molar-refractivity contribution >= 4 is 32.3 Å². The third-order valence-corrected chi connectivity index (χ3v) is 9.36. The van der Waals surface area contributed by atoms with E-state index in [4.69, 9.17) is 0 Å². The van der Waals surface area contributed by atoms with Crippen molar-refractivity contribution in [3.8, 4) is 33.6 Å². The van der Waals surface area contributed by atoms with E-state index in [1.165, 1.54) is 54.6 Å². The zero-order valence-corrected chi connectivity index (χ0v) is 32.5. The van der Waals surface area contributed by atoms with Gasteiger partial charge in [-0.3, -0.25) is 0 Å². The maximum Gasteiger partial charge on any atom is 0.0160 e. The van der Waals surface area contributed by atoms with Gasteiger partial charge in [0.25, 0.3) is 0 Å². The molecule has 0 spiro atoms. The molecule has 6 aromatic carbocycles. The van der Waals surface area contributed by atoms with Crippen LogP contribution in [0.4, 0.5) is 0 Å². The van der Waals surface area contributed by atoms with Gasteiger partial charge in [-0.15, -0.1) is 59.2 Å². The zero-order valence-electron chi connectivity index (χ0n) is 30.1. The van der Waals surface area contributed by atoms with Crippen molar-refractivity contribution in [1.82, 2.24) is 9.97 Å². The number of hydrogen-bond donors (Lipinski definition) is 0. The first kappa shape index (κ1) is 35.9. The molecule has 0 fully saturated rings. The first-order chi connectivity index (χ1) is 24.1. The fraction of sp³-hybridized carbons (Fsp3) is 0.167. The molecule has 0 atom stereocenters. The van der Waals surface area contributed by atoms with E-state index in [1.54, 1.807) is 0 Å². The summed E-state index contributed by atoms with van der Waals surface area (Å²) >= 11 is 0. The van der Waals surface area contributed by atoms with E-state index >= 15 is 0 Å². The first-order valence-corrected chi connectivity index (χ1v) is 17.3. The molecule has 0 N–H and O–H groups in total. The second-order valence-electron chi connectivity index (χ2n) is 15.0. The van der Waals surface area contributed by atoms with Gasteiger partial charge in [-0.1, -0.05) is 149 Å². The average molecular weight is 839 g/mol. The number of hydrogen-bond acceptors (Lipinski definition) is 2. The molecule has 0 aliphatic heterocycles. The maximum atomic E-state index is 4.47. The number of aromatic nitrogens is 2. The van der Waals surface area contributed by atoms with Crippen molar-refractivity contribution in [2.24, 2.45) is 0 Å². The van der Waals surface area contributed by atoms with Gasteiger partial charge >= 0.3 is 0 Å². The van der Waals surface area contributed by atoms with Gasteiger partial charge in [0, 0.05) is 32.5 Å². The summed E-state index contributed by atoms with van der Waals surface area (Å²) < 4.78 is 0. The molecule has 8 rings (SSSR count). The smallest absolute Gasteiger partial charge is 0.0160 e. The third-order valence-electron chi connectivity index (χ3n) is 9.36. The van der Waals surface area contributed by atoms with E-state index in [-0.39, 0.29) is 30.9 Å². The molecule has 0 saturated heterocycles. The summed E-state index contributed by atoms with van der Waals surface area (Å²) in [4.78, 5) is 8.93. The van der Waals surface area contributed by atoms with E-state index in [0.717, 1.165) is 22.5 Å². The van der Waals surface area contributed by atoms with Crippen molar-refractivity contribution in [2.75, 3.05) is 0 Å². The van der Waals surface area contributed by atoms with E-state index < -0.39 is 0 Å². The van der Waals surface area contributed by atoms with E-state index in [1.807, 2.05) is 54.9 Å². The van der Waals surface area contributed by atoms with Crippen LogP contribution in [-0.2, 0) is 30.9 Å². The van der Waals surface area contributed by atoms with Crippen LogP contribution in [0.15, 0.2) is 146 Å². The van der Waals surface area contributed by atoms with Crippen LogP contribution in [0, 0.1) is 12.1 Å². The molecule has 0 unspecified atom stereocenters. The van der Waals surface area contributed by atoms with Crippen molar-refractivity contribution in [3.63, 3.8) is 0 Å². The molecule has 2 heterocycles. The average Bonchev–Trinajstić information content (AvgIpc) is 3.15. The summed E-state index contributed by atoms with van der Waals surface area (Å²) in [6.45, 7) is 13.6. The van der Waals surface area contributed by atoms with Crippen LogP contribution in [0.2, 0.25) is 0 Å². The number of pyridine rings is 2. The Kier molecular flexibility index (Phi) is 10.4. The van der Waals surface area contributed by atoms with Gasteiger partial charge in [-0.25, -0.2) is 0 Å². The Morgan fingerprint density at radius 2 is 0.902 bits per heavy atom. The summed E-state index contributed by atoms with van der Waals surface area (Å²) in [6, 6.07) is 53.6. The minimum Gasteiger partial charge on any atom is -0.305 e. The summed E-state index contributed by atoms with van der Waals surface area (Å²) in [5, 5.41) is 7.62. The van der Waals surface area contributed by atoms with Crippen LogP contribution < -0.4 is 0 Å². The molecule has 0 aliphatic carbocycles. The van der Waals surface area contributed by atoms with Crippen LogP contribution >= 0.6 is 0 Å². The normalized spacial score (nSPS) is 11.6. The molecule has 2 aromatic heterocycles. The van der Waals surface area contributed by atoms with Gasteiger partial charge in [-0.05, 0) is 67.2 Å². The van der Waals surface area contributed by atoms with Crippen molar-refractivity contribution in [3.05, 3.63) is 169 Å². The Bertz CT molecular complexity index is 2370. The predicted molar refractivity (Wildman–Crippen MR) is 212 cm³/mol. The monoisotopic (exact) mass is 839 g/mol. The summed E-state index contributed by atoms with van der Waals surface area (Å²) in [5.74, 6) is 0. The number of rotatable bonds is 3. The number of benzene rings is 6. The van der Waals surface area contributed by atoms with Crippen molar-refractivity contribution in [2.45, 2.75) is 52.4 Å². The van der Waals surface area contributed by atoms with Crippen LogP contribution in [0.1, 0.15) is 52.7 Å². The minimum atomic E-state index is 0.